The summed E-state index contributed by atoms with van der Waals surface area (Å²) >= 11 is 0. The summed E-state index contributed by atoms with van der Waals surface area (Å²) in [5.41, 5.74) is 0.725. The van der Waals surface area contributed by atoms with Gasteiger partial charge in [-0.15, -0.1) is 13.2 Å². The number of nitrogens with zero attached hydrogens (tertiary/aromatic N) is 3. The van der Waals surface area contributed by atoms with E-state index in [-0.39, 0.29) is 42.3 Å². The Kier molecular flexibility index (Phi) is 6.54. The molecule has 0 aliphatic carbocycles. The van der Waals surface area contributed by atoms with Crippen LogP contribution >= 0.6 is 0 Å². The van der Waals surface area contributed by atoms with Crippen LogP contribution in [0.15, 0.2) is 66.1 Å². The number of ether oxygens (including phenoxy) is 2. The van der Waals surface area contributed by atoms with Crippen LogP contribution in [0.25, 0.3) is 0 Å². The highest BCUT2D eigenvalue weighted by Gasteiger charge is 2.41. The molecule has 34 heavy (non-hydrogen) atoms. The predicted molar refractivity (Wildman–Crippen MR) is 113 cm³/mol. The van der Waals surface area contributed by atoms with E-state index in [1.165, 1.54) is 45.7 Å². The van der Waals surface area contributed by atoms with E-state index in [2.05, 4.69) is 9.72 Å². The predicted octanol–water partition coefficient (Wildman–Crippen LogP) is 3.94. The Morgan fingerprint density at radius 3 is 2.44 bits per heavy atom. The minimum absolute atomic E-state index is 0.0196. The Morgan fingerprint density at radius 2 is 1.79 bits per heavy atom. The van der Waals surface area contributed by atoms with Gasteiger partial charge >= 0.3 is 6.36 Å². The molecule has 1 fully saturated rings. The third-order valence-corrected chi connectivity index (χ3v) is 7.21. The first-order valence-corrected chi connectivity index (χ1v) is 11.7. The lowest BCUT2D eigenvalue weighted by atomic mass is 9.89. The summed E-state index contributed by atoms with van der Waals surface area (Å²) in [5.74, 6) is -1.38. The maximum atomic E-state index is 13.5. The normalized spacial score (nSPS) is 19.3. The summed E-state index contributed by atoms with van der Waals surface area (Å²) in [6, 6.07) is 10.9. The monoisotopic (exact) mass is 499 g/mol. The van der Waals surface area contributed by atoms with Gasteiger partial charge in [-0.3, -0.25) is 0 Å². The van der Waals surface area contributed by atoms with Crippen molar-refractivity contribution in [3.63, 3.8) is 0 Å². The number of aromatic nitrogens is 2. The molecule has 0 saturated carbocycles. The van der Waals surface area contributed by atoms with Crippen molar-refractivity contribution >= 4 is 10.0 Å². The zero-order valence-electron chi connectivity index (χ0n) is 17.9. The molecule has 0 radical (unpaired) electrons. The van der Waals surface area contributed by atoms with E-state index in [9.17, 15) is 26.0 Å². The van der Waals surface area contributed by atoms with Crippen molar-refractivity contribution in [1.29, 1.82) is 0 Å². The number of imidazole rings is 1. The van der Waals surface area contributed by atoms with Crippen LogP contribution in [0, 0.1) is 11.7 Å². The summed E-state index contributed by atoms with van der Waals surface area (Å²) in [6.45, 7) is 0.237. The average molecular weight is 499 g/mol. The molecule has 2 unspecified atom stereocenters. The van der Waals surface area contributed by atoms with Gasteiger partial charge in [0, 0.05) is 44.2 Å². The number of halogens is 4. The van der Waals surface area contributed by atoms with Gasteiger partial charge in [-0.25, -0.2) is 17.8 Å². The van der Waals surface area contributed by atoms with E-state index in [1.54, 1.807) is 19.2 Å². The van der Waals surface area contributed by atoms with Crippen LogP contribution in [-0.4, -0.2) is 48.3 Å². The molecule has 2 atom stereocenters. The fourth-order valence-electron chi connectivity index (χ4n) is 3.90. The van der Waals surface area contributed by atoms with E-state index >= 15 is 0 Å². The van der Waals surface area contributed by atoms with Crippen LogP contribution in [0.2, 0.25) is 0 Å². The summed E-state index contributed by atoms with van der Waals surface area (Å²) in [6.07, 6.45) is -2.05. The lowest BCUT2D eigenvalue weighted by Crippen LogP contribution is -2.30. The van der Waals surface area contributed by atoms with E-state index in [4.69, 9.17) is 4.74 Å². The zero-order valence-corrected chi connectivity index (χ0v) is 18.8. The van der Waals surface area contributed by atoms with Crippen molar-refractivity contribution in [1.82, 2.24) is 13.9 Å². The van der Waals surface area contributed by atoms with Gasteiger partial charge in [0.25, 0.3) is 10.0 Å². The van der Waals surface area contributed by atoms with Crippen LogP contribution in [0.5, 0.6) is 11.5 Å². The molecule has 2 aromatic carbocycles. The second kappa shape index (κ2) is 9.26. The van der Waals surface area contributed by atoms with E-state index in [0.717, 1.165) is 17.7 Å². The quantitative estimate of drug-likeness (QED) is 0.461. The molecule has 4 rings (SSSR count). The van der Waals surface area contributed by atoms with Crippen LogP contribution in [0.1, 0.15) is 11.5 Å². The van der Waals surface area contributed by atoms with Crippen molar-refractivity contribution in [3.05, 3.63) is 72.4 Å². The van der Waals surface area contributed by atoms with Gasteiger partial charge in [0.15, 0.2) is 5.03 Å². The van der Waals surface area contributed by atoms with Crippen molar-refractivity contribution < 1.29 is 35.5 Å². The second-order valence-corrected chi connectivity index (χ2v) is 9.84. The first-order chi connectivity index (χ1) is 16.0. The second-order valence-electron chi connectivity index (χ2n) is 7.95. The van der Waals surface area contributed by atoms with Gasteiger partial charge in [-0.05, 0) is 29.8 Å². The molecule has 182 valence electrons. The molecule has 3 aromatic rings. The largest absolute Gasteiger partial charge is 0.573 e. The molecule has 7 nitrogen and oxygen atoms in total. The van der Waals surface area contributed by atoms with Gasteiger partial charge in [-0.1, -0.05) is 18.2 Å². The van der Waals surface area contributed by atoms with Crippen LogP contribution in [-0.2, 0) is 17.1 Å². The van der Waals surface area contributed by atoms with Crippen molar-refractivity contribution in [3.8, 4) is 11.5 Å². The number of rotatable bonds is 7. The average Bonchev–Trinajstić information content (AvgIpc) is 3.39. The molecule has 2 heterocycles. The number of aryl methyl sites for hydroxylation is 1. The Labute approximate surface area is 193 Å². The molecule has 1 aliphatic rings. The third kappa shape index (κ3) is 5.50. The Morgan fingerprint density at radius 1 is 1.09 bits per heavy atom. The van der Waals surface area contributed by atoms with Gasteiger partial charge in [0.05, 0.1) is 12.9 Å². The SMILES string of the molecule is Cn1cnc(S(=O)(=O)N2CC(COc3cccc(OC(F)(F)F)c3)C(c3ccc(F)cc3)C2)c1. The fraction of sp³-hybridized carbons (Fsp3) is 0.318. The van der Waals surface area contributed by atoms with Crippen LogP contribution in [0.4, 0.5) is 17.6 Å². The summed E-state index contributed by atoms with van der Waals surface area (Å²) in [7, 11) is -2.23. The Hall–Kier alpha value is -3.12. The maximum absolute atomic E-state index is 13.5. The molecule has 0 spiro atoms. The first-order valence-electron chi connectivity index (χ1n) is 10.2. The number of benzene rings is 2. The van der Waals surface area contributed by atoms with Gasteiger partial charge < -0.3 is 14.0 Å². The number of hydrogen-bond acceptors (Lipinski definition) is 5. The minimum atomic E-state index is -4.84. The summed E-state index contributed by atoms with van der Waals surface area (Å²) in [4.78, 5) is 3.95. The molecule has 1 aromatic heterocycles. The van der Waals surface area contributed by atoms with E-state index in [0.29, 0.717) is 0 Å². The molecule has 1 aliphatic heterocycles. The van der Waals surface area contributed by atoms with Crippen LogP contribution in [0.3, 0.4) is 0 Å². The molecule has 12 heteroatoms. The summed E-state index contributed by atoms with van der Waals surface area (Å²) < 4.78 is 89.6. The molecule has 1 saturated heterocycles. The zero-order chi connectivity index (χ0) is 24.5. The highest BCUT2D eigenvalue weighted by Crippen LogP contribution is 2.36. The van der Waals surface area contributed by atoms with Gasteiger partial charge in [-0.2, -0.15) is 4.31 Å². The van der Waals surface area contributed by atoms with Crippen molar-refractivity contribution in [2.24, 2.45) is 13.0 Å². The molecule has 0 amide bonds. The molecular formula is C22H21F4N3O4S. The molecule has 0 N–H and O–H groups in total. The Balaban J connectivity index is 1.55. The van der Waals surface area contributed by atoms with Gasteiger partial charge in [0.1, 0.15) is 17.3 Å². The lowest BCUT2D eigenvalue weighted by molar-refractivity contribution is -0.274. The summed E-state index contributed by atoms with van der Waals surface area (Å²) in [5, 5.41) is -0.0913. The minimum Gasteiger partial charge on any atom is -0.493 e. The first kappa shape index (κ1) is 24.0. The topological polar surface area (TPSA) is 73.7 Å². The van der Waals surface area contributed by atoms with E-state index < -0.39 is 28.0 Å². The maximum Gasteiger partial charge on any atom is 0.573 e. The Bertz CT molecular complexity index is 1250. The highest BCUT2D eigenvalue weighted by atomic mass is 32.2. The fourth-order valence-corrected chi connectivity index (χ4v) is 5.39. The van der Waals surface area contributed by atoms with Gasteiger partial charge in [0.2, 0.25) is 0 Å². The smallest absolute Gasteiger partial charge is 0.493 e. The highest BCUT2D eigenvalue weighted by molar-refractivity contribution is 7.89. The molecular weight excluding hydrogens is 478 g/mol. The third-order valence-electron chi connectivity index (χ3n) is 5.49. The number of sulfonamides is 1. The van der Waals surface area contributed by atoms with Crippen LogP contribution < -0.4 is 9.47 Å². The number of hydrogen-bond donors (Lipinski definition) is 0. The lowest BCUT2D eigenvalue weighted by Gasteiger charge is -2.19. The molecule has 0 bridgehead atoms. The standard InChI is InChI=1S/C22H21F4N3O4S/c1-28-12-21(27-14-28)34(30,31)29-10-16(20(11-29)15-5-7-17(23)8-6-15)13-32-18-3-2-4-19(9-18)33-22(24,25)26/h2-9,12,14,16,20H,10-11,13H2,1H3. The van der Waals surface area contributed by atoms with Crippen molar-refractivity contribution in [2.75, 3.05) is 19.7 Å². The van der Waals surface area contributed by atoms with E-state index in [1.807, 2.05) is 0 Å². The number of alkyl halides is 3. The van der Waals surface area contributed by atoms with Crippen molar-refractivity contribution in [2.45, 2.75) is 17.3 Å².